The number of hydrogen-bond donors (Lipinski definition) is 0. The first-order chi connectivity index (χ1) is 9.22. The van der Waals surface area contributed by atoms with Crippen molar-refractivity contribution in [3.63, 3.8) is 0 Å². The summed E-state index contributed by atoms with van der Waals surface area (Å²) >= 11 is 0. The van der Waals surface area contributed by atoms with E-state index in [0.29, 0.717) is 13.1 Å². The lowest BCUT2D eigenvalue weighted by molar-refractivity contribution is -0.109. The summed E-state index contributed by atoms with van der Waals surface area (Å²) < 4.78 is 0. The Labute approximate surface area is 114 Å². The summed E-state index contributed by atoms with van der Waals surface area (Å²) in [6.07, 6.45) is 3.86. The molecule has 2 rings (SSSR count). The van der Waals surface area contributed by atoms with Crippen LogP contribution < -0.4 is 0 Å². The Morgan fingerprint density at radius 3 is 2.74 bits per heavy atom. The lowest BCUT2D eigenvalue weighted by Crippen LogP contribution is -2.32. The first-order valence-corrected chi connectivity index (χ1v) is 7.09. The summed E-state index contributed by atoms with van der Waals surface area (Å²) in [4.78, 5) is 25.6. The van der Waals surface area contributed by atoms with E-state index in [1.165, 1.54) is 5.56 Å². The first kappa shape index (κ1) is 13.8. The molecule has 1 aromatic carbocycles. The van der Waals surface area contributed by atoms with E-state index in [1.807, 2.05) is 36.9 Å². The van der Waals surface area contributed by atoms with E-state index in [0.717, 1.165) is 36.7 Å². The molecule has 102 valence electrons. The van der Waals surface area contributed by atoms with Crippen molar-refractivity contribution in [2.24, 2.45) is 0 Å². The van der Waals surface area contributed by atoms with Gasteiger partial charge in [0.1, 0.15) is 6.29 Å². The summed E-state index contributed by atoms with van der Waals surface area (Å²) in [5, 5.41) is 0. The highest BCUT2D eigenvalue weighted by atomic mass is 16.2. The van der Waals surface area contributed by atoms with Crippen LogP contribution >= 0.6 is 0 Å². The average molecular weight is 259 g/mol. The molecule has 3 heteroatoms. The van der Waals surface area contributed by atoms with Crippen LogP contribution in [0.4, 0.5) is 0 Å². The van der Waals surface area contributed by atoms with Gasteiger partial charge < -0.3 is 9.69 Å². The average Bonchev–Trinajstić information content (AvgIpc) is 2.47. The summed E-state index contributed by atoms with van der Waals surface area (Å²) in [7, 11) is 0. The van der Waals surface area contributed by atoms with Gasteiger partial charge >= 0.3 is 0 Å². The number of benzene rings is 1. The quantitative estimate of drug-likeness (QED) is 0.780. The summed E-state index contributed by atoms with van der Waals surface area (Å²) in [6, 6.07) is 5.84. The van der Waals surface area contributed by atoms with E-state index < -0.39 is 0 Å². The second kappa shape index (κ2) is 6.00. The molecule has 1 aliphatic rings. The minimum Gasteiger partial charge on any atom is -0.339 e. The van der Waals surface area contributed by atoms with Gasteiger partial charge in [-0.2, -0.15) is 0 Å². The third-order valence-corrected chi connectivity index (χ3v) is 3.97. The zero-order valence-electron chi connectivity index (χ0n) is 11.7. The van der Waals surface area contributed by atoms with Crippen LogP contribution in [0.1, 0.15) is 54.1 Å². The molecular weight excluding hydrogens is 238 g/mol. The van der Waals surface area contributed by atoms with Gasteiger partial charge in [0.2, 0.25) is 0 Å². The van der Waals surface area contributed by atoms with E-state index in [9.17, 15) is 9.59 Å². The molecule has 0 N–H and O–H groups in total. The van der Waals surface area contributed by atoms with Crippen LogP contribution in [0.15, 0.2) is 18.2 Å². The Hall–Kier alpha value is -1.64. The van der Waals surface area contributed by atoms with Gasteiger partial charge in [-0.25, -0.2) is 0 Å². The van der Waals surface area contributed by atoms with E-state index in [2.05, 4.69) is 0 Å². The lowest BCUT2D eigenvalue weighted by Gasteiger charge is -2.26. The standard InChI is InChI=1S/C16H21NO2/c1-3-17(4-2)16(19)14-10-6-8-12-7-5-9-13(11-18)15(12)14/h6,8,10-11,13H,3-5,7,9H2,1-2H3. The SMILES string of the molecule is CCN(CC)C(=O)c1cccc2c1C(C=O)CCC2. The van der Waals surface area contributed by atoms with Gasteiger partial charge in [-0.3, -0.25) is 4.79 Å². The Bertz CT molecular complexity index is 478. The molecule has 0 saturated carbocycles. The van der Waals surface area contributed by atoms with Gasteiger partial charge in [0.05, 0.1) is 0 Å². The number of amides is 1. The van der Waals surface area contributed by atoms with Crippen molar-refractivity contribution >= 4 is 12.2 Å². The number of fused-ring (bicyclic) bond motifs is 1. The maximum Gasteiger partial charge on any atom is 0.254 e. The third-order valence-electron chi connectivity index (χ3n) is 3.97. The minimum absolute atomic E-state index is 0.0515. The smallest absolute Gasteiger partial charge is 0.254 e. The van der Waals surface area contributed by atoms with E-state index >= 15 is 0 Å². The number of aldehydes is 1. The Morgan fingerprint density at radius 2 is 2.11 bits per heavy atom. The number of carbonyl (C=O) groups is 2. The molecule has 0 radical (unpaired) electrons. The molecule has 1 amide bonds. The molecule has 0 aliphatic heterocycles. The third kappa shape index (κ3) is 2.55. The van der Waals surface area contributed by atoms with Gasteiger partial charge in [-0.15, -0.1) is 0 Å². The number of nitrogens with zero attached hydrogens (tertiary/aromatic N) is 1. The molecule has 0 aromatic heterocycles. The van der Waals surface area contributed by atoms with Crippen molar-refractivity contribution < 1.29 is 9.59 Å². The van der Waals surface area contributed by atoms with Crippen LogP contribution in [-0.4, -0.2) is 30.2 Å². The topological polar surface area (TPSA) is 37.4 Å². The summed E-state index contributed by atoms with van der Waals surface area (Å²) in [6.45, 7) is 5.36. The predicted molar refractivity (Wildman–Crippen MR) is 75.4 cm³/mol. The van der Waals surface area contributed by atoms with Crippen LogP contribution in [0.25, 0.3) is 0 Å². The zero-order chi connectivity index (χ0) is 13.8. The van der Waals surface area contributed by atoms with E-state index in [1.54, 1.807) is 0 Å². The second-order valence-corrected chi connectivity index (χ2v) is 4.99. The predicted octanol–water partition coefficient (Wildman–Crippen LogP) is 2.79. The Balaban J connectivity index is 2.46. The van der Waals surface area contributed by atoms with Gasteiger partial charge in [0, 0.05) is 24.6 Å². The number of aryl methyl sites for hydroxylation is 1. The Morgan fingerprint density at radius 1 is 1.37 bits per heavy atom. The van der Waals surface area contributed by atoms with Crippen LogP contribution in [0.3, 0.4) is 0 Å². The molecular formula is C16H21NO2. The fourth-order valence-electron chi connectivity index (χ4n) is 2.93. The fraction of sp³-hybridized carbons (Fsp3) is 0.500. The fourth-order valence-corrected chi connectivity index (χ4v) is 2.93. The van der Waals surface area contributed by atoms with Crippen molar-refractivity contribution in [3.05, 3.63) is 34.9 Å². The minimum atomic E-state index is -0.112. The van der Waals surface area contributed by atoms with E-state index in [-0.39, 0.29) is 11.8 Å². The number of hydrogen-bond acceptors (Lipinski definition) is 2. The molecule has 0 bridgehead atoms. The van der Waals surface area contributed by atoms with Gasteiger partial charge in [-0.1, -0.05) is 12.1 Å². The molecule has 1 atom stereocenters. The van der Waals surface area contributed by atoms with Gasteiger partial charge in [0.15, 0.2) is 0 Å². The molecule has 3 nitrogen and oxygen atoms in total. The number of carbonyl (C=O) groups excluding carboxylic acids is 2. The molecule has 1 unspecified atom stereocenters. The van der Waals surface area contributed by atoms with Crippen molar-refractivity contribution in [2.75, 3.05) is 13.1 Å². The summed E-state index contributed by atoms with van der Waals surface area (Å²) in [5.74, 6) is -0.0601. The van der Waals surface area contributed by atoms with Crippen molar-refractivity contribution in [1.82, 2.24) is 4.90 Å². The van der Waals surface area contributed by atoms with Crippen molar-refractivity contribution in [3.8, 4) is 0 Å². The number of rotatable bonds is 4. The molecule has 0 spiro atoms. The molecule has 0 fully saturated rings. The normalized spacial score (nSPS) is 17.7. The summed E-state index contributed by atoms with van der Waals surface area (Å²) in [5.41, 5.74) is 2.86. The molecule has 1 aliphatic carbocycles. The Kier molecular flexibility index (Phi) is 4.35. The maximum atomic E-state index is 12.6. The molecule has 0 heterocycles. The van der Waals surface area contributed by atoms with Crippen LogP contribution in [0.5, 0.6) is 0 Å². The van der Waals surface area contributed by atoms with E-state index in [4.69, 9.17) is 0 Å². The monoisotopic (exact) mass is 259 g/mol. The lowest BCUT2D eigenvalue weighted by atomic mass is 9.80. The maximum absolute atomic E-state index is 12.6. The highest BCUT2D eigenvalue weighted by molar-refractivity contribution is 5.97. The van der Waals surface area contributed by atoms with Crippen LogP contribution in [0.2, 0.25) is 0 Å². The molecule has 1 aromatic rings. The highest BCUT2D eigenvalue weighted by Gasteiger charge is 2.26. The van der Waals surface area contributed by atoms with Gasteiger partial charge in [-0.05, 0) is 50.3 Å². The first-order valence-electron chi connectivity index (χ1n) is 7.09. The van der Waals surface area contributed by atoms with Crippen LogP contribution in [-0.2, 0) is 11.2 Å². The molecule has 19 heavy (non-hydrogen) atoms. The van der Waals surface area contributed by atoms with Crippen LogP contribution in [0, 0.1) is 0 Å². The van der Waals surface area contributed by atoms with Gasteiger partial charge in [0.25, 0.3) is 5.91 Å². The zero-order valence-corrected chi connectivity index (χ0v) is 11.7. The second-order valence-electron chi connectivity index (χ2n) is 4.99. The molecule has 0 saturated heterocycles. The largest absolute Gasteiger partial charge is 0.339 e. The van der Waals surface area contributed by atoms with Crippen molar-refractivity contribution in [2.45, 2.75) is 39.0 Å². The highest BCUT2D eigenvalue weighted by Crippen LogP contribution is 2.33. The van der Waals surface area contributed by atoms with Crippen molar-refractivity contribution in [1.29, 1.82) is 0 Å².